The van der Waals surface area contributed by atoms with Crippen molar-refractivity contribution in [1.82, 2.24) is 10.2 Å². The molecular weight excluding hydrogens is 338 g/mol. The minimum Gasteiger partial charge on any atom is -0.492 e. The molecule has 1 fully saturated rings. The number of hydrogen-bond acceptors (Lipinski definition) is 3. The van der Waals surface area contributed by atoms with E-state index < -0.39 is 0 Å². The second kappa shape index (κ2) is 8.80. The van der Waals surface area contributed by atoms with Gasteiger partial charge < -0.3 is 19.9 Å². The smallest absolute Gasteiger partial charge is 0.317 e. The molecule has 5 nitrogen and oxygen atoms in total. The van der Waals surface area contributed by atoms with Crippen molar-refractivity contribution in [3.63, 3.8) is 0 Å². The van der Waals surface area contributed by atoms with Crippen LogP contribution in [0, 0.1) is 20.8 Å². The molecule has 0 atom stereocenters. The molecule has 0 radical (unpaired) electrons. The van der Waals surface area contributed by atoms with Crippen LogP contribution < -0.4 is 15.0 Å². The molecule has 2 amide bonds. The average molecular weight is 367 g/mol. The quantitative estimate of drug-likeness (QED) is 0.823. The lowest BCUT2D eigenvalue weighted by Gasteiger charge is -2.37. The van der Waals surface area contributed by atoms with E-state index >= 15 is 0 Å². The van der Waals surface area contributed by atoms with Gasteiger partial charge in [-0.3, -0.25) is 0 Å². The molecule has 1 heterocycles. The van der Waals surface area contributed by atoms with Crippen LogP contribution in [0.25, 0.3) is 0 Å². The summed E-state index contributed by atoms with van der Waals surface area (Å²) in [7, 11) is 0. The van der Waals surface area contributed by atoms with Gasteiger partial charge in [-0.25, -0.2) is 4.79 Å². The summed E-state index contributed by atoms with van der Waals surface area (Å²) >= 11 is 0. The molecule has 2 aromatic rings. The number of nitrogens with one attached hydrogen (secondary N) is 1. The number of carbonyl (C=O) groups excluding carboxylic acids is 1. The third-order valence-corrected chi connectivity index (χ3v) is 5.15. The summed E-state index contributed by atoms with van der Waals surface area (Å²) in [6.45, 7) is 10.5. The normalized spacial score (nSPS) is 14.2. The Morgan fingerprint density at radius 1 is 1.00 bits per heavy atom. The van der Waals surface area contributed by atoms with Gasteiger partial charge in [-0.15, -0.1) is 0 Å². The number of urea groups is 1. The van der Waals surface area contributed by atoms with Gasteiger partial charge in [0.25, 0.3) is 0 Å². The lowest BCUT2D eigenvalue weighted by Crippen LogP contribution is -2.52. The summed E-state index contributed by atoms with van der Waals surface area (Å²) in [4.78, 5) is 16.6. The number of benzene rings is 2. The lowest BCUT2D eigenvalue weighted by molar-refractivity contribution is 0.191. The van der Waals surface area contributed by atoms with Crippen LogP contribution in [0.1, 0.15) is 16.7 Å². The van der Waals surface area contributed by atoms with Gasteiger partial charge >= 0.3 is 6.03 Å². The van der Waals surface area contributed by atoms with E-state index in [1.54, 1.807) is 0 Å². The van der Waals surface area contributed by atoms with Gasteiger partial charge in [-0.2, -0.15) is 0 Å². The number of carbonyl (C=O) groups is 1. The van der Waals surface area contributed by atoms with Gasteiger partial charge in [0, 0.05) is 31.9 Å². The molecule has 1 N–H and O–H groups in total. The third kappa shape index (κ3) is 4.94. The molecule has 3 rings (SSSR count). The third-order valence-electron chi connectivity index (χ3n) is 5.15. The predicted molar refractivity (Wildman–Crippen MR) is 110 cm³/mol. The first kappa shape index (κ1) is 19.1. The summed E-state index contributed by atoms with van der Waals surface area (Å²) in [6, 6.07) is 14.3. The number of nitrogens with zero attached hydrogens (tertiary/aromatic N) is 2. The largest absolute Gasteiger partial charge is 0.492 e. The molecule has 144 valence electrons. The van der Waals surface area contributed by atoms with Crippen molar-refractivity contribution in [3.8, 4) is 5.75 Å². The Bertz CT molecular complexity index is 766. The highest BCUT2D eigenvalue weighted by atomic mass is 16.5. The van der Waals surface area contributed by atoms with Crippen LogP contribution in [0.15, 0.2) is 42.5 Å². The van der Waals surface area contributed by atoms with Gasteiger partial charge in [0.15, 0.2) is 0 Å². The highest BCUT2D eigenvalue weighted by molar-refractivity contribution is 5.74. The summed E-state index contributed by atoms with van der Waals surface area (Å²) in [5.74, 6) is 0.831. The Kier molecular flexibility index (Phi) is 6.22. The standard InChI is InChI=1S/C22H29N3O2/c1-17-7-9-20(10-8-17)27-16-11-23-22(26)25-14-12-24(13-15-25)21-6-4-5-18(2)19(21)3/h4-10H,11-16H2,1-3H3,(H,23,26). The number of ether oxygens (including phenoxy) is 1. The Labute approximate surface area is 161 Å². The molecule has 1 saturated heterocycles. The van der Waals surface area contributed by atoms with Crippen molar-refractivity contribution < 1.29 is 9.53 Å². The van der Waals surface area contributed by atoms with Gasteiger partial charge in [0.05, 0.1) is 6.54 Å². The Hall–Kier alpha value is -2.69. The van der Waals surface area contributed by atoms with Crippen LogP contribution in [0.3, 0.4) is 0 Å². The minimum absolute atomic E-state index is 0.0110. The van der Waals surface area contributed by atoms with E-state index in [1.807, 2.05) is 36.1 Å². The SMILES string of the molecule is Cc1ccc(OCCNC(=O)N2CCN(c3cccc(C)c3C)CC2)cc1. The molecule has 1 aliphatic heterocycles. The van der Waals surface area contributed by atoms with E-state index in [4.69, 9.17) is 4.74 Å². The molecule has 2 aromatic carbocycles. The summed E-state index contributed by atoms with van der Waals surface area (Å²) in [5.41, 5.74) is 5.11. The average Bonchev–Trinajstić information content (AvgIpc) is 2.69. The van der Waals surface area contributed by atoms with Crippen molar-refractivity contribution in [1.29, 1.82) is 0 Å². The number of hydrogen-bond donors (Lipinski definition) is 1. The van der Waals surface area contributed by atoms with E-state index in [1.165, 1.54) is 22.4 Å². The molecule has 0 saturated carbocycles. The fourth-order valence-electron chi connectivity index (χ4n) is 3.30. The molecule has 0 spiro atoms. The van der Waals surface area contributed by atoms with E-state index in [-0.39, 0.29) is 6.03 Å². The molecule has 27 heavy (non-hydrogen) atoms. The Morgan fingerprint density at radius 3 is 2.41 bits per heavy atom. The fraction of sp³-hybridized carbons (Fsp3) is 0.409. The van der Waals surface area contributed by atoms with Crippen LogP contribution in [-0.2, 0) is 0 Å². The summed E-state index contributed by atoms with van der Waals surface area (Å²) in [5, 5.41) is 2.95. The number of rotatable bonds is 5. The highest BCUT2D eigenvalue weighted by Crippen LogP contribution is 2.23. The van der Waals surface area contributed by atoms with Crippen molar-refractivity contribution in [2.24, 2.45) is 0 Å². The van der Waals surface area contributed by atoms with Gasteiger partial charge in [0.1, 0.15) is 12.4 Å². The van der Waals surface area contributed by atoms with Crippen LogP contribution in [-0.4, -0.2) is 50.3 Å². The molecule has 0 aliphatic carbocycles. The monoisotopic (exact) mass is 367 g/mol. The molecule has 5 heteroatoms. The molecule has 0 bridgehead atoms. The van der Waals surface area contributed by atoms with Gasteiger partial charge in [-0.05, 0) is 50.1 Å². The van der Waals surface area contributed by atoms with Crippen LogP contribution in [0.4, 0.5) is 10.5 Å². The molecular formula is C22H29N3O2. The number of aryl methyl sites for hydroxylation is 2. The van der Waals surface area contributed by atoms with Crippen molar-refractivity contribution in [2.75, 3.05) is 44.2 Å². The summed E-state index contributed by atoms with van der Waals surface area (Å²) in [6.07, 6.45) is 0. The van der Waals surface area contributed by atoms with Crippen molar-refractivity contribution in [2.45, 2.75) is 20.8 Å². The first-order chi connectivity index (χ1) is 13.0. The zero-order valence-corrected chi connectivity index (χ0v) is 16.5. The zero-order chi connectivity index (χ0) is 19.2. The van der Waals surface area contributed by atoms with E-state index in [0.29, 0.717) is 13.2 Å². The molecule has 0 aromatic heterocycles. The Morgan fingerprint density at radius 2 is 1.70 bits per heavy atom. The second-order valence-electron chi connectivity index (χ2n) is 7.09. The van der Waals surface area contributed by atoms with E-state index in [2.05, 4.69) is 42.3 Å². The lowest BCUT2D eigenvalue weighted by atomic mass is 10.1. The first-order valence-corrected chi connectivity index (χ1v) is 9.58. The van der Waals surface area contributed by atoms with Gasteiger partial charge in [0.2, 0.25) is 0 Å². The zero-order valence-electron chi connectivity index (χ0n) is 16.5. The maximum Gasteiger partial charge on any atom is 0.317 e. The topological polar surface area (TPSA) is 44.8 Å². The predicted octanol–water partition coefficient (Wildman–Crippen LogP) is 3.52. The highest BCUT2D eigenvalue weighted by Gasteiger charge is 2.22. The number of amides is 2. The van der Waals surface area contributed by atoms with Crippen LogP contribution >= 0.6 is 0 Å². The number of anilines is 1. The van der Waals surface area contributed by atoms with Crippen LogP contribution in [0.2, 0.25) is 0 Å². The van der Waals surface area contributed by atoms with Crippen molar-refractivity contribution in [3.05, 3.63) is 59.2 Å². The number of piperazine rings is 1. The van der Waals surface area contributed by atoms with E-state index in [9.17, 15) is 4.79 Å². The summed E-state index contributed by atoms with van der Waals surface area (Å²) < 4.78 is 5.66. The molecule has 1 aliphatic rings. The van der Waals surface area contributed by atoms with Crippen LogP contribution in [0.5, 0.6) is 5.75 Å². The van der Waals surface area contributed by atoms with Gasteiger partial charge in [-0.1, -0.05) is 29.8 Å². The maximum absolute atomic E-state index is 12.4. The fourth-order valence-corrected chi connectivity index (χ4v) is 3.30. The second-order valence-corrected chi connectivity index (χ2v) is 7.09. The Balaban J connectivity index is 1.40. The molecule has 0 unspecified atom stereocenters. The first-order valence-electron chi connectivity index (χ1n) is 9.58. The van der Waals surface area contributed by atoms with E-state index in [0.717, 1.165) is 31.9 Å². The minimum atomic E-state index is -0.0110. The maximum atomic E-state index is 12.4. The van der Waals surface area contributed by atoms with Crippen molar-refractivity contribution >= 4 is 11.7 Å².